The number of nitrogens with one attached hydrogen (secondary N) is 2. The summed E-state index contributed by atoms with van der Waals surface area (Å²) in [6.07, 6.45) is 1.94. The summed E-state index contributed by atoms with van der Waals surface area (Å²) < 4.78 is 0. The molecule has 1 amide bonds. The Kier molecular flexibility index (Phi) is 2.92. The Morgan fingerprint density at radius 3 is 2.71 bits per heavy atom. The molecule has 0 aromatic heterocycles. The molecule has 0 atom stereocenters. The van der Waals surface area contributed by atoms with Crippen molar-refractivity contribution >= 4 is 17.3 Å². The Labute approximate surface area is 97.1 Å². The van der Waals surface area contributed by atoms with Crippen molar-refractivity contribution in [2.45, 2.75) is 18.9 Å². The minimum atomic E-state index is -0.580. The van der Waals surface area contributed by atoms with Crippen LogP contribution in [0.15, 0.2) is 18.2 Å². The average molecular weight is 236 g/mol. The molecule has 4 N–H and O–H groups in total. The Hall–Kier alpha value is -2.15. The standard InChI is InChI=1S/C10H12N4O3/c11-13-8-4-1-6(5-9(8)14(16)17)10(15)12-7-2-3-7/h1,4-5,7,13H,2-3,11H2,(H,12,15). The number of rotatable bonds is 4. The van der Waals surface area contributed by atoms with E-state index in [-0.39, 0.29) is 28.9 Å². The molecule has 1 fully saturated rings. The molecular formula is C10H12N4O3. The molecule has 1 aliphatic carbocycles. The minimum Gasteiger partial charge on any atom is -0.349 e. The molecule has 0 radical (unpaired) electrons. The van der Waals surface area contributed by atoms with Gasteiger partial charge in [0.2, 0.25) is 0 Å². The van der Waals surface area contributed by atoms with Gasteiger partial charge in [-0.3, -0.25) is 20.8 Å². The van der Waals surface area contributed by atoms with Crippen molar-refractivity contribution in [3.8, 4) is 0 Å². The van der Waals surface area contributed by atoms with Crippen molar-refractivity contribution in [1.82, 2.24) is 5.32 Å². The zero-order chi connectivity index (χ0) is 12.4. The molecule has 7 nitrogen and oxygen atoms in total. The minimum absolute atomic E-state index is 0.179. The van der Waals surface area contributed by atoms with E-state index in [9.17, 15) is 14.9 Å². The number of nitrogens with zero attached hydrogens (tertiary/aromatic N) is 1. The summed E-state index contributed by atoms with van der Waals surface area (Å²) in [5, 5.41) is 13.5. The fourth-order valence-electron chi connectivity index (χ4n) is 1.44. The van der Waals surface area contributed by atoms with Crippen molar-refractivity contribution in [2.75, 3.05) is 5.43 Å². The number of hydrogen-bond donors (Lipinski definition) is 3. The molecule has 0 aliphatic heterocycles. The quantitative estimate of drug-likeness (QED) is 0.406. The van der Waals surface area contributed by atoms with Crippen LogP contribution in [0.3, 0.4) is 0 Å². The second kappa shape index (κ2) is 4.38. The molecule has 0 bridgehead atoms. The highest BCUT2D eigenvalue weighted by molar-refractivity contribution is 5.96. The molecule has 0 unspecified atom stereocenters. The van der Waals surface area contributed by atoms with E-state index in [0.29, 0.717) is 0 Å². The molecular weight excluding hydrogens is 224 g/mol. The number of carbonyl (C=O) groups excluding carboxylic acids is 1. The van der Waals surface area contributed by atoms with E-state index in [2.05, 4.69) is 10.7 Å². The molecule has 1 aliphatic rings. The lowest BCUT2D eigenvalue weighted by Crippen LogP contribution is -2.25. The number of carbonyl (C=O) groups is 1. The molecule has 17 heavy (non-hydrogen) atoms. The van der Waals surface area contributed by atoms with E-state index in [0.717, 1.165) is 12.8 Å². The third-order valence-corrected chi connectivity index (χ3v) is 2.52. The van der Waals surface area contributed by atoms with Gasteiger partial charge in [0.1, 0.15) is 5.69 Å². The molecule has 90 valence electrons. The summed E-state index contributed by atoms with van der Waals surface area (Å²) in [5.74, 6) is 4.86. The third kappa shape index (κ3) is 2.51. The number of benzene rings is 1. The fraction of sp³-hybridized carbons (Fsp3) is 0.300. The SMILES string of the molecule is NNc1ccc(C(=O)NC2CC2)cc1[N+](=O)[O-]. The predicted octanol–water partition coefficient (Wildman–Crippen LogP) is 0.773. The van der Waals surface area contributed by atoms with E-state index in [1.54, 1.807) is 0 Å². The van der Waals surface area contributed by atoms with Gasteiger partial charge in [-0.25, -0.2) is 0 Å². The lowest BCUT2D eigenvalue weighted by molar-refractivity contribution is -0.384. The number of nitrogens with two attached hydrogens (primary N) is 1. The third-order valence-electron chi connectivity index (χ3n) is 2.52. The molecule has 0 heterocycles. The molecule has 1 saturated carbocycles. The first-order chi connectivity index (χ1) is 8.11. The number of nitro benzene ring substituents is 1. The molecule has 1 aromatic carbocycles. The maximum absolute atomic E-state index is 11.7. The van der Waals surface area contributed by atoms with Crippen LogP contribution in [0.4, 0.5) is 11.4 Å². The van der Waals surface area contributed by atoms with Gasteiger partial charge in [-0.1, -0.05) is 0 Å². The molecule has 7 heteroatoms. The van der Waals surface area contributed by atoms with E-state index in [1.807, 2.05) is 0 Å². The lowest BCUT2D eigenvalue weighted by Gasteiger charge is -2.05. The average Bonchev–Trinajstić information content (AvgIpc) is 3.11. The Morgan fingerprint density at radius 1 is 1.47 bits per heavy atom. The highest BCUT2D eigenvalue weighted by Gasteiger charge is 2.25. The van der Waals surface area contributed by atoms with Crippen LogP contribution in [0.25, 0.3) is 0 Å². The van der Waals surface area contributed by atoms with Crippen molar-refractivity contribution in [3.63, 3.8) is 0 Å². The Morgan fingerprint density at radius 2 is 2.18 bits per heavy atom. The smallest absolute Gasteiger partial charge is 0.294 e. The van der Waals surface area contributed by atoms with Crippen LogP contribution >= 0.6 is 0 Å². The first-order valence-electron chi connectivity index (χ1n) is 5.17. The summed E-state index contributed by atoms with van der Waals surface area (Å²) in [4.78, 5) is 21.9. The van der Waals surface area contributed by atoms with Gasteiger partial charge >= 0.3 is 0 Å². The zero-order valence-corrected chi connectivity index (χ0v) is 8.97. The maximum Gasteiger partial charge on any atom is 0.294 e. The first-order valence-corrected chi connectivity index (χ1v) is 5.17. The predicted molar refractivity (Wildman–Crippen MR) is 61.4 cm³/mol. The second-order valence-electron chi connectivity index (χ2n) is 3.88. The summed E-state index contributed by atoms with van der Waals surface area (Å²) in [7, 11) is 0. The summed E-state index contributed by atoms with van der Waals surface area (Å²) in [5.41, 5.74) is 2.46. The van der Waals surface area contributed by atoms with Crippen LogP contribution in [-0.4, -0.2) is 16.9 Å². The summed E-state index contributed by atoms with van der Waals surface area (Å²) in [6, 6.07) is 4.35. The van der Waals surface area contributed by atoms with Crippen LogP contribution in [0.2, 0.25) is 0 Å². The van der Waals surface area contributed by atoms with Crippen LogP contribution in [0.5, 0.6) is 0 Å². The number of nitro groups is 1. The number of hydrogen-bond acceptors (Lipinski definition) is 5. The highest BCUT2D eigenvalue weighted by Crippen LogP contribution is 2.25. The van der Waals surface area contributed by atoms with Crippen molar-refractivity contribution in [3.05, 3.63) is 33.9 Å². The zero-order valence-electron chi connectivity index (χ0n) is 8.97. The van der Waals surface area contributed by atoms with Gasteiger partial charge in [0.15, 0.2) is 0 Å². The maximum atomic E-state index is 11.7. The lowest BCUT2D eigenvalue weighted by atomic mass is 10.1. The largest absolute Gasteiger partial charge is 0.349 e. The highest BCUT2D eigenvalue weighted by atomic mass is 16.6. The molecule has 0 saturated heterocycles. The summed E-state index contributed by atoms with van der Waals surface area (Å²) >= 11 is 0. The fourth-order valence-corrected chi connectivity index (χ4v) is 1.44. The van der Waals surface area contributed by atoms with Gasteiger partial charge < -0.3 is 10.7 Å². The van der Waals surface area contributed by atoms with Crippen LogP contribution in [0, 0.1) is 10.1 Å². The van der Waals surface area contributed by atoms with Crippen molar-refractivity contribution in [2.24, 2.45) is 5.84 Å². The normalized spacial score (nSPS) is 14.2. The number of hydrazine groups is 1. The Balaban J connectivity index is 2.25. The topological polar surface area (TPSA) is 110 Å². The number of anilines is 1. The van der Waals surface area contributed by atoms with Gasteiger partial charge in [0.25, 0.3) is 11.6 Å². The van der Waals surface area contributed by atoms with E-state index in [4.69, 9.17) is 5.84 Å². The first kappa shape index (κ1) is 11.3. The van der Waals surface area contributed by atoms with Crippen molar-refractivity contribution < 1.29 is 9.72 Å². The Bertz CT molecular complexity index is 471. The number of nitrogen functional groups attached to an aromatic ring is 1. The van der Waals surface area contributed by atoms with Crippen LogP contribution in [0.1, 0.15) is 23.2 Å². The molecule has 2 rings (SSSR count). The van der Waals surface area contributed by atoms with Gasteiger partial charge in [-0.15, -0.1) is 0 Å². The van der Waals surface area contributed by atoms with E-state index < -0.39 is 4.92 Å². The van der Waals surface area contributed by atoms with Gasteiger partial charge in [0.05, 0.1) is 4.92 Å². The molecule has 1 aromatic rings. The summed E-state index contributed by atoms with van der Waals surface area (Å²) in [6.45, 7) is 0. The number of amides is 1. The second-order valence-corrected chi connectivity index (χ2v) is 3.88. The monoisotopic (exact) mass is 236 g/mol. The van der Waals surface area contributed by atoms with Crippen LogP contribution in [-0.2, 0) is 0 Å². The van der Waals surface area contributed by atoms with Crippen LogP contribution < -0.4 is 16.6 Å². The van der Waals surface area contributed by atoms with Gasteiger partial charge in [-0.05, 0) is 25.0 Å². The van der Waals surface area contributed by atoms with E-state index >= 15 is 0 Å². The van der Waals surface area contributed by atoms with Crippen molar-refractivity contribution in [1.29, 1.82) is 0 Å². The van der Waals surface area contributed by atoms with E-state index in [1.165, 1.54) is 18.2 Å². The van der Waals surface area contributed by atoms with Gasteiger partial charge in [-0.2, -0.15) is 0 Å². The molecule has 0 spiro atoms. The van der Waals surface area contributed by atoms with Gasteiger partial charge in [0, 0.05) is 17.7 Å².